The van der Waals surface area contributed by atoms with Crippen LogP contribution in [0.5, 0.6) is 11.5 Å². The third-order valence-electron chi connectivity index (χ3n) is 4.91. The zero-order chi connectivity index (χ0) is 18.6. The van der Waals surface area contributed by atoms with Crippen LogP contribution in [0.25, 0.3) is 0 Å². The summed E-state index contributed by atoms with van der Waals surface area (Å²) in [5, 5.41) is 6.28. The zero-order valence-electron chi connectivity index (χ0n) is 15.5. The first-order chi connectivity index (χ1) is 13.2. The van der Waals surface area contributed by atoms with E-state index in [1.54, 1.807) is 6.07 Å². The van der Waals surface area contributed by atoms with Gasteiger partial charge in [0.15, 0.2) is 11.5 Å². The highest BCUT2D eigenvalue weighted by molar-refractivity contribution is 5.92. The topological polar surface area (TPSA) is 85.4 Å². The van der Waals surface area contributed by atoms with Crippen LogP contribution in [0.2, 0.25) is 0 Å². The van der Waals surface area contributed by atoms with Gasteiger partial charge < -0.3 is 20.1 Å². The number of carbonyl (C=O) groups excluding carboxylic acids is 1. The second-order valence-corrected chi connectivity index (χ2v) is 7.07. The van der Waals surface area contributed by atoms with Gasteiger partial charge in [-0.1, -0.05) is 25.7 Å². The number of ether oxygens (including phenoxy) is 2. The summed E-state index contributed by atoms with van der Waals surface area (Å²) in [6.45, 7) is 2.08. The summed E-state index contributed by atoms with van der Waals surface area (Å²) in [5.41, 5.74) is 1.90. The number of rotatable bonds is 4. The molecule has 0 spiro atoms. The van der Waals surface area contributed by atoms with Crippen molar-refractivity contribution in [1.82, 2.24) is 15.3 Å². The summed E-state index contributed by atoms with van der Waals surface area (Å²) in [5.74, 6) is 1.65. The Bertz CT molecular complexity index is 832. The van der Waals surface area contributed by atoms with Gasteiger partial charge in [0.05, 0.1) is 0 Å². The largest absolute Gasteiger partial charge is 0.454 e. The third-order valence-corrected chi connectivity index (χ3v) is 4.91. The van der Waals surface area contributed by atoms with Gasteiger partial charge in [0.25, 0.3) is 5.91 Å². The van der Waals surface area contributed by atoms with Crippen LogP contribution in [0, 0.1) is 6.92 Å². The molecule has 2 heterocycles. The van der Waals surface area contributed by atoms with Crippen LogP contribution in [0.1, 0.15) is 54.7 Å². The second kappa shape index (κ2) is 7.82. The van der Waals surface area contributed by atoms with E-state index in [0.717, 1.165) is 24.2 Å². The fraction of sp³-hybridized carbons (Fsp3) is 0.450. The Morgan fingerprint density at radius 2 is 1.81 bits per heavy atom. The number of carbonyl (C=O) groups is 1. The molecule has 1 fully saturated rings. The molecule has 7 nitrogen and oxygen atoms in total. The molecule has 0 saturated heterocycles. The molecule has 1 saturated carbocycles. The Morgan fingerprint density at radius 3 is 2.63 bits per heavy atom. The van der Waals surface area contributed by atoms with Crippen LogP contribution in [0.3, 0.4) is 0 Å². The van der Waals surface area contributed by atoms with Crippen LogP contribution >= 0.6 is 0 Å². The number of amides is 1. The fourth-order valence-corrected chi connectivity index (χ4v) is 3.53. The highest BCUT2D eigenvalue weighted by Crippen LogP contribution is 2.34. The van der Waals surface area contributed by atoms with Gasteiger partial charge in [-0.15, -0.1) is 0 Å². The van der Waals surface area contributed by atoms with Crippen LogP contribution in [0.4, 0.5) is 11.6 Å². The lowest BCUT2D eigenvalue weighted by Gasteiger charge is -2.16. The molecular weight excluding hydrogens is 344 g/mol. The van der Waals surface area contributed by atoms with E-state index in [1.165, 1.54) is 25.7 Å². The van der Waals surface area contributed by atoms with Gasteiger partial charge in [-0.3, -0.25) is 4.79 Å². The lowest BCUT2D eigenvalue weighted by Crippen LogP contribution is -2.35. The first kappa shape index (κ1) is 17.6. The molecule has 4 rings (SSSR count). The van der Waals surface area contributed by atoms with Crippen LogP contribution in [-0.2, 0) is 0 Å². The van der Waals surface area contributed by atoms with Crippen molar-refractivity contribution >= 4 is 17.5 Å². The van der Waals surface area contributed by atoms with Crippen molar-refractivity contribution in [3.8, 4) is 11.5 Å². The molecule has 2 aliphatic rings. The lowest BCUT2D eigenvalue weighted by molar-refractivity contribution is 0.0928. The molecular formula is C20H24N4O3. The Balaban J connectivity index is 1.48. The number of benzene rings is 1. The van der Waals surface area contributed by atoms with Gasteiger partial charge in [0.2, 0.25) is 12.7 Å². The number of hydrogen-bond acceptors (Lipinski definition) is 6. The van der Waals surface area contributed by atoms with Crippen molar-refractivity contribution < 1.29 is 14.3 Å². The molecule has 142 valence electrons. The monoisotopic (exact) mass is 368 g/mol. The average molecular weight is 368 g/mol. The zero-order valence-corrected chi connectivity index (χ0v) is 15.5. The van der Waals surface area contributed by atoms with E-state index in [4.69, 9.17) is 9.47 Å². The maximum atomic E-state index is 12.7. The minimum atomic E-state index is -0.138. The van der Waals surface area contributed by atoms with Crippen molar-refractivity contribution in [2.75, 3.05) is 12.1 Å². The van der Waals surface area contributed by atoms with Crippen molar-refractivity contribution in [3.05, 3.63) is 35.7 Å². The molecule has 1 aliphatic heterocycles. The number of nitrogens with one attached hydrogen (secondary N) is 2. The van der Waals surface area contributed by atoms with E-state index in [9.17, 15) is 4.79 Å². The number of fused-ring (bicyclic) bond motifs is 1. The standard InChI is InChI=1S/C20H24N4O3/c1-13-10-16(19(25)22-14-6-4-2-3-5-7-14)24-20(21-13)23-15-8-9-17-18(11-15)27-12-26-17/h8-11,14H,2-7,12H2,1H3,(H,22,25)(H,21,23,24). The van der Waals surface area contributed by atoms with Crippen molar-refractivity contribution in [2.45, 2.75) is 51.5 Å². The summed E-state index contributed by atoms with van der Waals surface area (Å²) in [6.07, 6.45) is 6.93. The minimum absolute atomic E-state index is 0.138. The highest BCUT2D eigenvalue weighted by atomic mass is 16.7. The third kappa shape index (κ3) is 4.30. The van der Waals surface area contributed by atoms with E-state index in [0.29, 0.717) is 23.1 Å². The van der Waals surface area contributed by atoms with E-state index in [1.807, 2.05) is 25.1 Å². The van der Waals surface area contributed by atoms with Gasteiger partial charge in [-0.05, 0) is 38.0 Å². The van der Waals surface area contributed by atoms with Gasteiger partial charge in [0, 0.05) is 23.5 Å². The van der Waals surface area contributed by atoms with E-state index >= 15 is 0 Å². The first-order valence-corrected chi connectivity index (χ1v) is 9.50. The van der Waals surface area contributed by atoms with Crippen LogP contribution < -0.4 is 20.1 Å². The maximum absolute atomic E-state index is 12.7. The lowest BCUT2D eigenvalue weighted by atomic mass is 10.1. The predicted octanol–water partition coefficient (Wildman–Crippen LogP) is 3.71. The summed E-state index contributed by atoms with van der Waals surface area (Å²) in [7, 11) is 0. The number of hydrogen-bond donors (Lipinski definition) is 2. The van der Waals surface area contributed by atoms with Crippen LogP contribution in [0.15, 0.2) is 24.3 Å². The normalized spacial score (nSPS) is 16.6. The number of nitrogens with zero attached hydrogens (tertiary/aromatic N) is 2. The van der Waals surface area contributed by atoms with Gasteiger partial charge in [0.1, 0.15) is 5.69 Å². The second-order valence-electron chi connectivity index (χ2n) is 7.07. The Morgan fingerprint density at radius 1 is 1.04 bits per heavy atom. The molecule has 1 aromatic heterocycles. The molecule has 1 aromatic carbocycles. The number of aromatic nitrogens is 2. The number of aryl methyl sites for hydroxylation is 1. The van der Waals surface area contributed by atoms with Gasteiger partial charge in [-0.2, -0.15) is 0 Å². The summed E-state index contributed by atoms with van der Waals surface area (Å²) in [4.78, 5) is 21.5. The molecule has 1 amide bonds. The Kier molecular flexibility index (Phi) is 5.09. The number of anilines is 2. The Hall–Kier alpha value is -2.83. The first-order valence-electron chi connectivity index (χ1n) is 9.50. The van der Waals surface area contributed by atoms with Crippen molar-refractivity contribution in [3.63, 3.8) is 0 Å². The van der Waals surface area contributed by atoms with E-state index < -0.39 is 0 Å². The molecule has 2 aromatic rings. The predicted molar refractivity (Wildman–Crippen MR) is 102 cm³/mol. The Labute approximate surface area is 158 Å². The molecule has 2 N–H and O–H groups in total. The molecule has 7 heteroatoms. The average Bonchev–Trinajstić information content (AvgIpc) is 2.96. The van der Waals surface area contributed by atoms with E-state index in [-0.39, 0.29) is 18.7 Å². The molecule has 0 radical (unpaired) electrons. The smallest absolute Gasteiger partial charge is 0.270 e. The minimum Gasteiger partial charge on any atom is -0.454 e. The molecule has 0 unspecified atom stereocenters. The molecule has 0 bridgehead atoms. The molecule has 1 aliphatic carbocycles. The maximum Gasteiger partial charge on any atom is 0.270 e. The van der Waals surface area contributed by atoms with Gasteiger partial charge >= 0.3 is 0 Å². The van der Waals surface area contributed by atoms with E-state index in [2.05, 4.69) is 20.6 Å². The quantitative estimate of drug-likeness (QED) is 0.800. The van der Waals surface area contributed by atoms with Crippen LogP contribution in [-0.4, -0.2) is 28.7 Å². The van der Waals surface area contributed by atoms with Crippen molar-refractivity contribution in [1.29, 1.82) is 0 Å². The molecule has 27 heavy (non-hydrogen) atoms. The van der Waals surface area contributed by atoms with Crippen molar-refractivity contribution in [2.24, 2.45) is 0 Å². The summed E-state index contributed by atoms with van der Waals surface area (Å²) >= 11 is 0. The SMILES string of the molecule is Cc1cc(C(=O)NC2CCCCCC2)nc(Nc2ccc3c(c2)OCO3)n1. The van der Waals surface area contributed by atoms with Gasteiger partial charge in [-0.25, -0.2) is 9.97 Å². The summed E-state index contributed by atoms with van der Waals surface area (Å²) in [6, 6.07) is 7.49. The fourth-order valence-electron chi connectivity index (χ4n) is 3.53. The molecule has 0 atom stereocenters. The highest BCUT2D eigenvalue weighted by Gasteiger charge is 2.18. The summed E-state index contributed by atoms with van der Waals surface area (Å²) < 4.78 is 10.7.